The summed E-state index contributed by atoms with van der Waals surface area (Å²) < 4.78 is 28.7. The summed E-state index contributed by atoms with van der Waals surface area (Å²) in [6.45, 7) is 5.45. The first-order chi connectivity index (χ1) is 14.7. The normalized spacial score (nSPS) is 17.5. The summed E-state index contributed by atoms with van der Waals surface area (Å²) in [6, 6.07) is 5.46. The topological polar surface area (TPSA) is 115 Å². The lowest BCUT2D eigenvalue weighted by Crippen LogP contribution is -2.34. The number of fused-ring (bicyclic) bond motifs is 1. The van der Waals surface area contributed by atoms with Crippen molar-refractivity contribution in [2.24, 2.45) is 0 Å². The van der Waals surface area contributed by atoms with Gasteiger partial charge in [0.2, 0.25) is 21.9 Å². The minimum atomic E-state index is -3.84. The van der Waals surface area contributed by atoms with Gasteiger partial charge < -0.3 is 9.80 Å². The number of nitrogens with one attached hydrogen (secondary N) is 2. The quantitative estimate of drug-likeness (QED) is 0.724. The highest BCUT2D eigenvalue weighted by molar-refractivity contribution is 7.89. The van der Waals surface area contributed by atoms with E-state index in [1.54, 1.807) is 24.0 Å². The average molecular weight is 446 g/mol. The molecule has 9 nitrogen and oxygen atoms in total. The summed E-state index contributed by atoms with van der Waals surface area (Å²) in [6.07, 6.45) is 3.58. The first kappa shape index (κ1) is 21.5. The van der Waals surface area contributed by atoms with E-state index in [9.17, 15) is 18.0 Å². The Balaban J connectivity index is 1.58. The molecular formula is C21H27N5O4S. The maximum absolute atomic E-state index is 13.0. The number of aromatic nitrogens is 2. The van der Waals surface area contributed by atoms with Crippen molar-refractivity contribution in [2.45, 2.75) is 50.5 Å². The molecule has 1 saturated heterocycles. The molecule has 1 unspecified atom stereocenters. The number of H-pyrrole nitrogens is 1. The third-order valence-corrected chi connectivity index (χ3v) is 7.33. The van der Waals surface area contributed by atoms with Gasteiger partial charge in [0.05, 0.1) is 16.6 Å². The van der Waals surface area contributed by atoms with Crippen molar-refractivity contribution in [1.82, 2.24) is 14.7 Å². The molecule has 1 aromatic heterocycles. The van der Waals surface area contributed by atoms with E-state index in [1.165, 1.54) is 19.1 Å². The predicted molar refractivity (Wildman–Crippen MR) is 118 cm³/mol. The van der Waals surface area contributed by atoms with E-state index in [4.69, 9.17) is 0 Å². The molecule has 4 rings (SSSR count). The van der Waals surface area contributed by atoms with Crippen LogP contribution < -0.4 is 20.1 Å². The zero-order valence-electron chi connectivity index (χ0n) is 17.7. The number of hydrogen-bond donors (Lipinski definition) is 2. The lowest BCUT2D eigenvalue weighted by atomic mass is 10.0. The van der Waals surface area contributed by atoms with Crippen LogP contribution >= 0.6 is 0 Å². The fourth-order valence-corrected chi connectivity index (χ4v) is 5.46. The van der Waals surface area contributed by atoms with E-state index in [1.807, 2.05) is 4.90 Å². The van der Waals surface area contributed by atoms with Gasteiger partial charge in [0, 0.05) is 38.3 Å². The van der Waals surface area contributed by atoms with Crippen molar-refractivity contribution < 1.29 is 13.2 Å². The smallest absolute Gasteiger partial charge is 0.252 e. The molecule has 1 amide bonds. The molecule has 0 spiro atoms. The van der Waals surface area contributed by atoms with Crippen molar-refractivity contribution in [3.63, 3.8) is 0 Å². The average Bonchev–Trinajstić information content (AvgIpc) is 3.27. The summed E-state index contributed by atoms with van der Waals surface area (Å²) >= 11 is 0. The van der Waals surface area contributed by atoms with Crippen LogP contribution in [0.1, 0.15) is 50.4 Å². The maximum atomic E-state index is 13.0. The first-order valence-electron chi connectivity index (χ1n) is 10.5. The van der Waals surface area contributed by atoms with E-state index in [-0.39, 0.29) is 16.4 Å². The highest BCUT2D eigenvalue weighted by Crippen LogP contribution is 2.30. The van der Waals surface area contributed by atoms with Gasteiger partial charge in [-0.2, -0.15) is 0 Å². The lowest BCUT2D eigenvalue weighted by Gasteiger charge is -2.29. The fraction of sp³-hybridized carbons (Fsp3) is 0.476. The molecule has 3 heterocycles. The molecule has 2 aliphatic heterocycles. The number of hydrogen-bond acceptors (Lipinski definition) is 6. The number of rotatable bonds is 5. The van der Waals surface area contributed by atoms with Gasteiger partial charge in [0.1, 0.15) is 0 Å². The van der Waals surface area contributed by atoms with Crippen LogP contribution in [-0.4, -0.2) is 43.9 Å². The number of carbonyl (C=O) groups is 1. The van der Waals surface area contributed by atoms with Crippen LogP contribution in [0.4, 0.5) is 11.6 Å². The minimum absolute atomic E-state index is 0.0579. The molecule has 0 aliphatic carbocycles. The Morgan fingerprint density at radius 1 is 1.16 bits per heavy atom. The molecule has 1 fully saturated rings. The Kier molecular flexibility index (Phi) is 5.85. The third-order valence-electron chi connectivity index (χ3n) is 5.79. The number of nitrogens with zero attached hydrogens (tertiary/aromatic N) is 3. The van der Waals surface area contributed by atoms with E-state index in [0.717, 1.165) is 43.6 Å². The van der Waals surface area contributed by atoms with E-state index in [0.29, 0.717) is 24.6 Å². The second kappa shape index (κ2) is 8.43. The highest BCUT2D eigenvalue weighted by Gasteiger charge is 2.25. The van der Waals surface area contributed by atoms with Gasteiger partial charge in [0.15, 0.2) is 0 Å². The number of benzene rings is 1. The number of amides is 1. The third kappa shape index (κ3) is 4.49. The number of sulfonamides is 1. The molecule has 166 valence electrons. The van der Waals surface area contributed by atoms with E-state index >= 15 is 0 Å². The largest absolute Gasteiger partial charge is 0.342 e. The summed E-state index contributed by atoms with van der Waals surface area (Å²) in [4.78, 5) is 35.0. The van der Waals surface area contributed by atoms with Crippen LogP contribution in [0, 0.1) is 0 Å². The zero-order chi connectivity index (χ0) is 22.2. The fourth-order valence-electron chi connectivity index (χ4n) is 4.19. The minimum Gasteiger partial charge on any atom is -0.342 e. The van der Waals surface area contributed by atoms with Crippen LogP contribution in [0.15, 0.2) is 34.0 Å². The van der Waals surface area contributed by atoms with Gasteiger partial charge in [-0.25, -0.2) is 18.1 Å². The Bertz CT molecular complexity index is 1150. The maximum Gasteiger partial charge on any atom is 0.252 e. The van der Waals surface area contributed by atoms with Crippen LogP contribution in [0.25, 0.3) is 0 Å². The van der Waals surface area contributed by atoms with Gasteiger partial charge in [-0.1, -0.05) is 0 Å². The van der Waals surface area contributed by atoms with E-state index in [2.05, 4.69) is 14.7 Å². The summed E-state index contributed by atoms with van der Waals surface area (Å²) in [7, 11) is -3.84. The van der Waals surface area contributed by atoms with Gasteiger partial charge >= 0.3 is 0 Å². The molecule has 1 aromatic carbocycles. The Labute approximate surface area is 181 Å². The predicted octanol–water partition coefficient (Wildman–Crippen LogP) is 1.71. The van der Waals surface area contributed by atoms with E-state index < -0.39 is 16.1 Å². The summed E-state index contributed by atoms with van der Waals surface area (Å²) in [5, 5.41) is 0. The van der Waals surface area contributed by atoms with Crippen molar-refractivity contribution in [3.8, 4) is 0 Å². The molecule has 2 N–H and O–H groups in total. The summed E-state index contributed by atoms with van der Waals surface area (Å²) in [5.74, 6) is 0.418. The second-order valence-corrected chi connectivity index (χ2v) is 9.81. The first-order valence-corrected chi connectivity index (χ1v) is 12.0. The molecule has 2 aliphatic rings. The van der Waals surface area contributed by atoms with Crippen LogP contribution in [0.5, 0.6) is 0 Å². The molecular weight excluding hydrogens is 418 g/mol. The Morgan fingerprint density at radius 2 is 1.90 bits per heavy atom. The molecule has 31 heavy (non-hydrogen) atoms. The van der Waals surface area contributed by atoms with Gasteiger partial charge in [-0.15, -0.1) is 0 Å². The molecule has 0 saturated carbocycles. The van der Waals surface area contributed by atoms with Gasteiger partial charge in [-0.3, -0.25) is 14.6 Å². The standard InChI is InChI=1S/C21H27N5O4S/c1-14(18-13-20(28)23-21(22-18)25-9-3-4-10-25)24-31(29,30)17-7-8-19-16(12-17)6-5-11-26(19)15(2)27/h7-8,12-14,24H,3-6,9-11H2,1-2H3,(H,22,23,28). The van der Waals surface area contributed by atoms with Crippen molar-refractivity contribution >= 4 is 27.6 Å². The van der Waals surface area contributed by atoms with Gasteiger partial charge in [-0.05, 0) is 56.4 Å². The SMILES string of the molecule is CC(=O)N1CCCc2cc(S(=O)(=O)NC(C)c3cc(=O)[nH]c(N4CCCC4)n3)ccc21. The lowest BCUT2D eigenvalue weighted by molar-refractivity contribution is -0.116. The highest BCUT2D eigenvalue weighted by atomic mass is 32.2. The number of aromatic amines is 1. The number of anilines is 2. The monoisotopic (exact) mass is 445 g/mol. The number of carbonyl (C=O) groups excluding carboxylic acids is 1. The van der Waals surface area contributed by atoms with Crippen molar-refractivity contribution in [3.05, 3.63) is 45.9 Å². The molecule has 0 radical (unpaired) electrons. The van der Waals surface area contributed by atoms with Crippen LogP contribution in [-0.2, 0) is 21.2 Å². The second-order valence-electron chi connectivity index (χ2n) is 8.10. The molecule has 1 atom stereocenters. The van der Waals surface area contributed by atoms with Gasteiger partial charge in [0.25, 0.3) is 5.56 Å². The molecule has 0 bridgehead atoms. The van der Waals surface area contributed by atoms with Crippen molar-refractivity contribution in [2.75, 3.05) is 29.4 Å². The molecule has 10 heteroatoms. The van der Waals surface area contributed by atoms with Crippen LogP contribution in [0.2, 0.25) is 0 Å². The zero-order valence-corrected chi connectivity index (χ0v) is 18.5. The van der Waals surface area contributed by atoms with Crippen molar-refractivity contribution in [1.29, 1.82) is 0 Å². The summed E-state index contributed by atoms with van der Waals surface area (Å²) in [5.41, 5.74) is 1.66. The number of aryl methyl sites for hydroxylation is 1. The Hall–Kier alpha value is -2.72. The Morgan fingerprint density at radius 3 is 2.61 bits per heavy atom. The molecule has 2 aromatic rings. The van der Waals surface area contributed by atoms with Crippen LogP contribution in [0.3, 0.4) is 0 Å².